The largest absolute Gasteiger partial charge is 0.495 e. The summed E-state index contributed by atoms with van der Waals surface area (Å²) in [5, 5.41) is 14.2. The molecular formula is C27H35ClN2O6. The third kappa shape index (κ3) is 6.42. The second kappa shape index (κ2) is 11.0. The van der Waals surface area contributed by atoms with Crippen molar-refractivity contribution in [2.45, 2.75) is 64.4 Å². The van der Waals surface area contributed by atoms with Crippen molar-refractivity contribution in [3.05, 3.63) is 53.6 Å². The zero-order valence-electron chi connectivity index (χ0n) is 21.6. The first kappa shape index (κ1) is 27.6. The number of ether oxygens (including phenoxy) is 3. The van der Waals surface area contributed by atoms with Crippen LogP contribution in [0.5, 0.6) is 11.5 Å². The summed E-state index contributed by atoms with van der Waals surface area (Å²) < 4.78 is 17.4. The van der Waals surface area contributed by atoms with Gasteiger partial charge in [-0.3, -0.25) is 9.69 Å². The Balaban J connectivity index is 2.10. The lowest BCUT2D eigenvalue weighted by Crippen LogP contribution is -2.55. The van der Waals surface area contributed by atoms with E-state index in [1.807, 2.05) is 30.3 Å². The Bertz CT molecular complexity index is 1080. The average Bonchev–Trinajstić information content (AvgIpc) is 2.80. The number of carbonyl (C=O) groups excluding carboxylic acids is 2. The Kier molecular flexibility index (Phi) is 8.41. The number of alkyl halides is 1. The summed E-state index contributed by atoms with van der Waals surface area (Å²) in [5.74, 6) is 0.133. The van der Waals surface area contributed by atoms with E-state index in [-0.39, 0.29) is 5.88 Å². The van der Waals surface area contributed by atoms with Crippen LogP contribution in [-0.4, -0.2) is 58.8 Å². The maximum Gasteiger partial charge on any atom is 0.410 e. The Hall–Kier alpha value is -2.97. The maximum absolute atomic E-state index is 13.5. The number of methoxy groups -OCH3 is 1. The molecule has 1 aliphatic heterocycles. The van der Waals surface area contributed by atoms with E-state index in [2.05, 4.69) is 5.32 Å². The van der Waals surface area contributed by atoms with Crippen LogP contribution in [0.2, 0.25) is 0 Å². The normalized spacial score (nSPS) is 18.4. The van der Waals surface area contributed by atoms with Crippen LogP contribution in [0.1, 0.15) is 51.8 Å². The van der Waals surface area contributed by atoms with Gasteiger partial charge in [-0.15, -0.1) is 11.6 Å². The Labute approximate surface area is 217 Å². The summed E-state index contributed by atoms with van der Waals surface area (Å²) in [6.45, 7) is 9.19. The number of nitrogens with zero attached hydrogens (tertiary/aromatic N) is 1. The van der Waals surface area contributed by atoms with E-state index in [9.17, 15) is 14.7 Å². The van der Waals surface area contributed by atoms with Gasteiger partial charge in [0.05, 0.1) is 18.8 Å². The second-order valence-corrected chi connectivity index (χ2v) is 10.5. The summed E-state index contributed by atoms with van der Waals surface area (Å²) in [4.78, 5) is 27.0. The van der Waals surface area contributed by atoms with E-state index in [0.29, 0.717) is 35.7 Å². The second-order valence-electron chi connectivity index (χ2n) is 10.3. The van der Waals surface area contributed by atoms with Gasteiger partial charge >= 0.3 is 6.09 Å². The van der Waals surface area contributed by atoms with E-state index in [0.717, 1.165) is 5.56 Å². The highest BCUT2D eigenvalue weighted by Gasteiger charge is 2.48. The summed E-state index contributed by atoms with van der Waals surface area (Å²) in [6, 6.07) is 12.3. The first-order chi connectivity index (χ1) is 16.9. The smallest absolute Gasteiger partial charge is 0.410 e. The highest BCUT2D eigenvalue weighted by atomic mass is 35.5. The monoisotopic (exact) mass is 518 g/mol. The molecule has 2 atom stereocenters. The molecule has 0 unspecified atom stereocenters. The first-order valence-corrected chi connectivity index (χ1v) is 12.4. The number of aliphatic hydroxyl groups is 1. The van der Waals surface area contributed by atoms with Crippen molar-refractivity contribution in [2.75, 3.05) is 24.9 Å². The van der Waals surface area contributed by atoms with Crippen LogP contribution in [-0.2, 0) is 16.0 Å². The Morgan fingerprint density at radius 2 is 1.86 bits per heavy atom. The average molecular weight is 519 g/mol. The molecule has 2 aromatic carbocycles. The molecule has 0 aliphatic carbocycles. The molecule has 0 aromatic heterocycles. The van der Waals surface area contributed by atoms with E-state index in [4.69, 9.17) is 25.8 Å². The van der Waals surface area contributed by atoms with Crippen molar-refractivity contribution in [1.29, 1.82) is 0 Å². The summed E-state index contributed by atoms with van der Waals surface area (Å²) in [7, 11) is 1.47. The number of anilines is 1. The van der Waals surface area contributed by atoms with E-state index >= 15 is 0 Å². The first-order valence-electron chi connectivity index (χ1n) is 11.8. The molecule has 0 bridgehead atoms. The van der Waals surface area contributed by atoms with E-state index < -0.39 is 35.3 Å². The number of aliphatic hydroxyl groups excluding tert-OH is 1. The molecule has 1 aliphatic rings. The van der Waals surface area contributed by atoms with Crippen LogP contribution in [0.15, 0.2) is 42.5 Å². The third-order valence-electron chi connectivity index (χ3n) is 5.88. The topological polar surface area (TPSA) is 97.3 Å². The highest BCUT2D eigenvalue weighted by molar-refractivity contribution is 6.29. The molecule has 0 spiro atoms. The number of amides is 2. The van der Waals surface area contributed by atoms with Crippen LogP contribution in [0, 0.1) is 0 Å². The van der Waals surface area contributed by atoms with Crippen molar-refractivity contribution in [3.63, 3.8) is 0 Å². The number of carbonyl (C=O) groups is 2. The Morgan fingerprint density at radius 3 is 2.44 bits per heavy atom. The summed E-state index contributed by atoms with van der Waals surface area (Å²) in [6.07, 6.45) is -1.08. The molecule has 1 heterocycles. The fraction of sp³-hybridized carbons (Fsp3) is 0.481. The number of halogens is 1. The molecule has 8 nitrogen and oxygen atoms in total. The van der Waals surface area contributed by atoms with Gasteiger partial charge in [-0.25, -0.2) is 4.79 Å². The minimum atomic E-state index is -1.08. The quantitative estimate of drug-likeness (QED) is 0.505. The van der Waals surface area contributed by atoms with E-state index in [1.54, 1.807) is 51.7 Å². The molecule has 0 radical (unpaired) electrons. The zero-order valence-corrected chi connectivity index (χ0v) is 22.4. The molecule has 2 amide bonds. The van der Waals surface area contributed by atoms with Gasteiger partial charge in [0, 0.05) is 18.2 Å². The number of hydrogen-bond acceptors (Lipinski definition) is 6. The van der Waals surface area contributed by atoms with Crippen molar-refractivity contribution in [2.24, 2.45) is 0 Å². The minimum absolute atomic E-state index is 0.222. The number of rotatable bonds is 7. The van der Waals surface area contributed by atoms with Crippen LogP contribution >= 0.6 is 11.6 Å². The van der Waals surface area contributed by atoms with Gasteiger partial charge < -0.3 is 24.6 Å². The lowest BCUT2D eigenvalue weighted by molar-refractivity contribution is -0.113. The van der Waals surface area contributed by atoms with Crippen molar-refractivity contribution in [3.8, 4) is 11.5 Å². The van der Waals surface area contributed by atoms with Crippen LogP contribution in [0.3, 0.4) is 0 Å². The molecule has 36 heavy (non-hydrogen) atoms. The summed E-state index contributed by atoms with van der Waals surface area (Å²) in [5.41, 5.74) is 0.183. The van der Waals surface area contributed by atoms with Gasteiger partial charge in [0.1, 0.15) is 34.7 Å². The predicted molar refractivity (Wildman–Crippen MR) is 139 cm³/mol. The van der Waals surface area contributed by atoms with Crippen molar-refractivity contribution < 1.29 is 28.9 Å². The third-order valence-corrected chi connectivity index (χ3v) is 6.12. The maximum atomic E-state index is 13.5. The number of hydrogen-bond donors (Lipinski definition) is 2. The number of fused-ring (bicyclic) bond motifs is 1. The molecule has 2 aromatic rings. The molecule has 0 fully saturated rings. The molecule has 196 valence electrons. The van der Waals surface area contributed by atoms with Crippen molar-refractivity contribution >= 4 is 29.3 Å². The standard InChI is InChI=1S/C27H35ClN2O6/c1-26(2,3)36-25(33)30(13-12-17-10-8-7-9-11-17)23-18-14-21(34-6)19(29-22(31)16-28)15-20(18)35-27(4,5)24(23)32/h7-11,14-15,23-24,32H,12-13,16H2,1-6H3,(H,29,31)/t23-,24+/m0/s1. The van der Waals surface area contributed by atoms with Gasteiger partial charge in [0.25, 0.3) is 0 Å². The lowest BCUT2D eigenvalue weighted by atomic mass is 9.85. The molecular weight excluding hydrogens is 484 g/mol. The van der Waals surface area contributed by atoms with Gasteiger partial charge in [0.15, 0.2) is 0 Å². The highest BCUT2D eigenvalue weighted by Crippen LogP contribution is 2.47. The molecule has 9 heteroatoms. The SMILES string of the molecule is COc1cc2c(cc1NC(=O)CCl)OC(C)(C)[C@H](O)[C@H]2N(CCc1ccccc1)C(=O)OC(C)(C)C. The van der Waals surface area contributed by atoms with E-state index in [1.165, 1.54) is 7.11 Å². The fourth-order valence-electron chi connectivity index (χ4n) is 4.14. The van der Waals surface area contributed by atoms with Crippen LogP contribution in [0.25, 0.3) is 0 Å². The van der Waals surface area contributed by atoms with Gasteiger partial charge in [0.2, 0.25) is 5.91 Å². The molecule has 2 N–H and O–H groups in total. The molecule has 0 saturated heterocycles. The van der Waals surface area contributed by atoms with Crippen LogP contribution < -0.4 is 14.8 Å². The molecule has 3 rings (SSSR count). The number of nitrogens with one attached hydrogen (secondary N) is 1. The van der Waals surface area contributed by atoms with Crippen LogP contribution in [0.4, 0.5) is 10.5 Å². The van der Waals surface area contributed by atoms with Gasteiger partial charge in [-0.2, -0.15) is 0 Å². The van der Waals surface area contributed by atoms with Gasteiger partial charge in [-0.1, -0.05) is 30.3 Å². The Morgan fingerprint density at radius 1 is 1.19 bits per heavy atom. The fourth-order valence-corrected chi connectivity index (χ4v) is 4.20. The lowest BCUT2D eigenvalue weighted by Gasteiger charge is -2.46. The minimum Gasteiger partial charge on any atom is -0.495 e. The van der Waals surface area contributed by atoms with Crippen molar-refractivity contribution in [1.82, 2.24) is 4.90 Å². The van der Waals surface area contributed by atoms with Gasteiger partial charge in [-0.05, 0) is 52.7 Å². The zero-order chi connectivity index (χ0) is 26.7. The summed E-state index contributed by atoms with van der Waals surface area (Å²) >= 11 is 5.67. The predicted octanol–water partition coefficient (Wildman–Crippen LogP) is 4.93. The number of benzene rings is 2. The molecule has 0 saturated carbocycles.